The van der Waals surface area contributed by atoms with Gasteiger partial charge < -0.3 is 5.11 Å². The molecule has 3 N–H and O–H groups in total. The molecule has 0 atom stereocenters. The third-order valence-corrected chi connectivity index (χ3v) is 4.68. The predicted octanol–water partition coefficient (Wildman–Crippen LogP) is 0.790. The van der Waals surface area contributed by atoms with E-state index in [1.54, 1.807) is 4.72 Å². The van der Waals surface area contributed by atoms with Crippen molar-refractivity contribution >= 4 is 16.0 Å². The normalized spacial score (nSPS) is 18.0. The van der Waals surface area contributed by atoms with Gasteiger partial charge in [-0.25, -0.2) is 13.2 Å². The lowest BCUT2D eigenvalue weighted by Gasteiger charge is -2.20. The van der Waals surface area contributed by atoms with Crippen molar-refractivity contribution in [1.82, 2.24) is 14.9 Å². The van der Waals surface area contributed by atoms with E-state index in [1.807, 2.05) is 0 Å². The number of nitrogens with zero attached hydrogens (tertiary/aromatic N) is 1. The van der Waals surface area contributed by atoms with Crippen LogP contribution < -0.4 is 4.72 Å². The Morgan fingerprint density at radius 3 is 2.40 bits per heavy atom. The molecule has 2 rings (SSSR count). The number of aromatic nitrogens is 2. The van der Waals surface area contributed by atoms with Crippen LogP contribution in [0.1, 0.15) is 29.0 Å². The Morgan fingerprint density at radius 1 is 1.45 bits per heavy atom. The second-order valence-electron chi connectivity index (χ2n) is 4.52. The summed E-state index contributed by atoms with van der Waals surface area (Å²) in [5, 5.41) is 14.2. The van der Waals surface area contributed by atoms with Crippen molar-refractivity contribution in [3.63, 3.8) is 0 Å². The third-order valence-electron chi connectivity index (χ3n) is 2.98. The Labute approximate surface area is 111 Å². The molecule has 20 heavy (non-hydrogen) atoms. The van der Waals surface area contributed by atoms with E-state index in [2.05, 4.69) is 10.2 Å². The minimum absolute atomic E-state index is 0.145. The van der Waals surface area contributed by atoms with E-state index in [1.165, 1.54) is 6.92 Å². The molecule has 1 aliphatic rings. The summed E-state index contributed by atoms with van der Waals surface area (Å²) in [7, 11) is -4.65. The molecule has 0 unspecified atom stereocenters. The first-order valence-electron chi connectivity index (χ1n) is 5.39. The molecule has 1 aromatic heterocycles. The van der Waals surface area contributed by atoms with Crippen LogP contribution in [0.25, 0.3) is 0 Å². The fourth-order valence-corrected chi connectivity index (χ4v) is 3.54. The van der Waals surface area contributed by atoms with Gasteiger partial charge in [0.1, 0.15) is 10.4 Å². The van der Waals surface area contributed by atoms with E-state index in [4.69, 9.17) is 5.11 Å². The number of halogens is 3. The van der Waals surface area contributed by atoms with Crippen LogP contribution in [0.2, 0.25) is 0 Å². The number of hydrogen-bond acceptors (Lipinski definition) is 4. The molecule has 1 aliphatic carbocycles. The first-order chi connectivity index (χ1) is 9.00. The molecule has 0 radical (unpaired) electrons. The molecule has 1 fully saturated rings. The Morgan fingerprint density at radius 2 is 2.00 bits per heavy atom. The summed E-state index contributed by atoms with van der Waals surface area (Å²) in [4.78, 5) is 10.1. The highest BCUT2D eigenvalue weighted by Crippen LogP contribution is 2.49. The van der Waals surface area contributed by atoms with Crippen molar-refractivity contribution in [2.75, 3.05) is 0 Å². The van der Waals surface area contributed by atoms with Gasteiger partial charge in [-0.3, -0.25) is 5.10 Å². The van der Waals surface area contributed by atoms with Crippen molar-refractivity contribution in [3.8, 4) is 0 Å². The molecular weight excluding hydrogens is 303 g/mol. The highest BCUT2D eigenvalue weighted by Gasteiger charge is 2.65. The maximum atomic E-state index is 12.8. The number of alkyl halides is 3. The highest BCUT2D eigenvalue weighted by molar-refractivity contribution is 7.89. The lowest BCUT2D eigenvalue weighted by Crippen LogP contribution is -2.48. The van der Waals surface area contributed by atoms with Crippen LogP contribution in [0.5, 0.6) is 0 Å². The molecular formula is C9H10F3N3O4S. The number of aromatic amines is 1. The Bertz CT molecular complexity index is 660. The Kier molecular flexibility index (Phi) is 3.09. The summed E-state index contributed by atoms with van der Waals surface area (Å²) in [5.41, 5.74) is -3.49. The molecule has 11 heteroatoms. The lowest BCUT2D eigenvalue weighted by atomic mass is 10.3. The summed E-state index contributed by atoms with van der Waals surface area (Å²) in [6.07, 6.45) is -5.49. The molecule has 0 spiro atoms. The molecule has 0 amide bonds. The molecule has 0 saturated heterocycles. The summed E-state index contributed by atoms with van der Waals surface area (Å²) < 4.78 is 63.8. The smallest absolute Gasteiger partial charge is 0.407 e. The van der Waals surface area contributed by atoms with Gasteiger partial charge in [-0.15, -0.1) is 0 Å². The topological polar surface area (TPSA) is 112 Å². The van der Waals surface area contributed by atoms with E-state index in [0.717, 1.165) is 0 Å². The van der Waals surface area contributed by atoms with Crippen molar-refractivity contribution < 1.29 is 31.5 Å². The van der Waals surface area contributed by atoms with Crippen LogP contribution in [-0.2, 0) is 10.0 Å². The molecule has 0 aromatic carbocycles. The molecule has 1 heterocycles. The third kappa shape index (κ3) is 2.26. The number of sulfonamides is 1. The van der Waals surface area contributed by atoms with Gasteiger partial charge in [0.2, 0.25) is 10.0 Å². The molecule has 0 aliphatic heterocycles. The van der Waals surface area contributed by atoms with Crippen LogP contribution in [0.4, 0.5) is 13.2 Å². The van der Waals surface area contributed by atoms with Gasteiger partial charge in [0.25, 0.3) is 0 Å². The number of hydrogen-bond donors (Lipinski definition) is 3. The summed E-state index contributed by atoms with van der Waals surface area (Å²) in [6, 6.07) is 0. The Hall–Kier alpha value is -1.62. The second-order valence-corrected chi connectivity index (χ2v) is 6.14. The highest BCUT2D eigenvalue weighted by atomic mass is 32.2. The predicted molar refractivity (Wildman–Crippen MR) is 58.6 cm³/mol. The SMILES string of the molecule is Cc1[nH]nc(C(=O)O)c1S(=O)(=O)NC1(C(F)(F)F)CC1. The van der Waals surface area contributed by atoms with Gasteiger partial charge in [0.05, 0.1) is 5.69 Å². The number of carboxylic acid groups (broad SMARTS) is 1. The average molecular weight is 313 g/mol. The first kappa shape index (κ1) is 14.8. The standard InChI is InChI=1S/C9H10F3N3O4S/c1-4-6(5(7(16)17)14-13-4)20(18,19)15-8(2-3-8)9(10,11)12/h15H,2-3H2,1H3,(H,13,14)(H,16,17). The van der Waals surface area contributed by atoms with E-state index in [0.29, 0.717) is 0 Å². The average Bonchev–Trinajstić information content (AvgIpc) is 2.91. The molecule has 1 aromatic rings. The van der Waals surface area contributed by atoms with Crippen molar-refractivity contribution in [1.29, 1.82) is 0 Å². The fourth-order valence-electron chi connectivity index (χ4n) is 1.77. The van der Waals surface area contributed by atoms with E-state index in [9.17, 15) is 26.4 Å². The molecule has 1 saturated carbocycles. The monoisotopic (exact) mass is 313 g/mol. The van der Waals surface area contributed by atoms with Crippen LogP contribution in [-0.4, -0.2) is 41.4 Å². The molecule has 0 bridgehead atoms. The number of carbonyl (C=O) groups is 1. The zero-order valence-corrected chi connectivity index (χ0v) is 10.9. The van der Waals surface area contributed by atoms with Crippen LogP contribution in [0.3, 0.4) is 0 Å². The van der Waals surface area contributed by atoms with Gasteiger partial charge in [-0.05, 0) is 19.8 Å². The van der Waals surface area contributed by atoms with Gasteiger partial charge in [0, 0.05) is 0 Å². The maximum Gasteiger partial charge on any atom is 0.407 e. The number of rotatable bonds is 4. The van der Waals surface area contributed by atoms with Crippen molar-refractivity contribution in [2.45, 2.75) is 36.4 Å². The summed E-state index contributed by atoms with van der Waals surface area (Å²) in [6.45, 7) is 1.21. The van der Waals surface area contributed by atoms with Crippen molar-refractivity contribution in [3.05, 3.63) is 11.4 Å². The fraction of sp³-hybridized carbons (Fsp3) is 0.556. The van der Waals surface area contributed by atoms with E-state index in [-0.39, 0.29) is 18.5 Å². The van der Waals surface area contributed by atoms with Gasteiger partial charge >= 0.3 is 12.1 Å². The van der Waals surface area contributed by atoms with E-state index < -0.39 is 38.3 Å². The Balaban J connectivity index is 2.43. The van der Waals surface area contributed by atoms with Crippen LogP contribution in [0.15, 0.2) is 4.90 Å². The molecule has 7 nitrogen and oxygen atoms in total. The quantitative estimate of drug-likeness (QED) is 0.761. The first-order valence-corrected chi connectivity index (χ1v) is 6.87. The van der Waals surface area contributed by atoms with E-state index >= 15 is 0 Å². The second kappa shape index (κ2) is 4.19. The largest absolute Gasteiger partial charge is 0.476 e. The summed E-state index contributed by atoms with van der Waals surface area (Å²) >= 11 is 0. The zero-order valence-electron chi connectivity index (χ0n) is 10.1. The van der Waals surface area contributed by atoms with Gasteiger partial charge in [-0.1, -0.05) is 0 Å². The lowest BCUT2D eigenvalue weighted by molar-refractivity contribution is -0.160. The van der Waals surface area contributed by atoms with Crippen molar-refractivity contribution in [2.24, 2.45) is 0 Å². The zero-order chi connectivity index (χ0) is 15.3. The number of carboxylic acids is 1. The summed E-state index contributed by atoms with van der Waals surface area (Å²) in [5.74, 6) is -1.65. The minimum atomic E-state index is -4.74. The van der Waals surface area contributed by atoms with Gasteiger partial charge in [-0.2, -0.15) is 23.0 Å². The minimum Gasteiger partial charge on any atom is -0.476 e. The number of nitrogens with one attached hydrogen (secondary N) is 2. The number of aromatic carboxylic acids is 1. The maximum absolute atomic E-state index is 12.8. The van der Waals surface area contributed by atoms with Gasteiger partial charge in [0.15, 0.2) is 5.69 Å². The van der Waals surface area contributed by atoms with Crippen LogP contribution in [0, 0.1) is 6.92 Å². The number of aryl methyl sites for hydroxylation is 1. The molecule has 112 valence electrons. The van der Waals surface area contributed by atoms with Crippen LogP contribution >= 0.6 is 0 Å². The number of H-pyrrole nitrogens is 1.